The van der Waals surface area contributed by atoms with Gasteiger partial charge < -0.3 is 5.73 Å². The van der Waals surface area contributed by atoms with Gasteiger partial charge in [-0.05, 0) is 38.2 Å². The first-order valence-electron chi connectivity index (χ1n) is 6.69. The molecule has 1 heterocycles. The topological polar surface area (TPSA) is 43.8 Å². The largest absolute Gasteiger partial charge is 0.391 e. The number of nitrogens with two attached hydrogens (primary N) is 1. The minimum atomic E-state index is -4.13. The Labute approximate surface area is 111 Å². The Bertz CT molecular complexity index is 427. The van der Waals surface area contributed by atoms with Crippen LogP contribution in [0.15, 0.2) is 12.4 Å². The molecule has 1 aromatic heterocycles. The maximum absolute atomic E-state index is 12.8. The van der Waals surface area contributed by atoms with Crippen LogP contribution >= 0.6 is 0 Å². The van der Waals surface area contributed by atoms with Crippen LogP contribution in [0.1, 0.15) is 38.2 Å². The maximum atomic E-state index is 12.8. The summed E-state index contributed by atoms with van der Waals surface area (Å²) in [5, 5.41) is 4.14. The van der Waals surface area contributed by atoms with Gasteiger partial charge in [-0.25, -0.2) is 0 Å². The van der Waals surface area contributed by atoms with Crippen molar-refractivity contribution in [1.82, 2.24) is 9.78 Å². The van der Waals surface area contributed by atoms with E-state index in [9.17, 15) is 13.2 Å². The van der Waals surface area contributed by atoms with Crippen molar-refractivity contribution in [2.75, 3.05) is 0 Å². The van der Waals surface area contributed by atoms with Crippen molar-refractivity contribution in [2.24, 2.45) is 11.7 Å². The molecule has 0 aromatic carbocycles. The van der Waals surface area contributed by atoms with Crippen LogP contribution in [-0.2, 0) is 13.0 Å². The van der Waals surface area contributed by atoms with Gasteiger partial charge in [0.15, 0.2) is 0 Å². The molecule has 0 aliphatic heterocycles. The van der Waals surface area contributed by atoms with Crippen molar-refractivity contribution in [3.05, 3.63) is 18.0 Å². The van der Waals surface area contributed by atoms with Crippen LogP contribution in [0.2, 0.25) is 0 Å². The highest BCUT2D eigenvalue weighted by Gasteiger charge is 2.46. The van der Waals surface area contributed by atoms with E-state index in [1.54, 1.807) is 10.9 Å². The summed E-state index contributed by atoms with van der Waals surface area (Å²) in [5.74, 6) is -1.26. The minimum absolute atomic E-state index is 0.0216. The Morgan fingerprint density at radius 3 is 2.84 bits per heavy atom. The fourth-order valence-electron chi connectivity index (χ4n) is 2.91. The number of rotatable bonds is 3. The van der Waals surface area contributed by atoms with Gasteiger partial charge in [0.25, 0.3) is 0 Å². The smallest absolute Gasteiger partial charge is 0.325 e. The van der Waals surface area contributed by atoms with Gasteiger partial charge in [-0.3, -0.25) is 4.68 Å². The van der Waals surface area contributed by atoms with Gasteiger partial charge in [0.2, 0.25) is 0 Å². The molecule has 2 unspecified atom stereocenters. The van der Waals surface area contributed by atoms with Crippen LogP contribution < -0.4 is 5.73 Å². The van der Waals surface area contributed by atoms with Crippen LogP contribution in [0.25, 0.3) is 0 Å². The quantitative estimate of drug-likeness (QED) is 0.921. The Kier molecular flexibility index (Phi) is 3.90. The van der Waals surface area contributed by atoms with Crippen molar-refractivity contribution in [1.29, 1.82) is 0 Å². The summed E-state index contributed by atoms with van der Waals surface area (Å²) in [7, 11) is 0. The first kappa shape index (κ1) is 14.4. The highest BCUT2D eigenvalue weighted by Crippen LogP contribution is 2.41. The van der Waals surface area contributed by atoms with Crippen molar-refractivity contribution in [3.8, 4) is 0 Å². The molecule has 1 aliphatic carbocycles. The lowest BCUT2D eigenvalue weighted by Gasteiger charge is -2.38. The molecule has 1 aliphatic rings. The molecular weight excluding hydrogens is 255 g/mol. The van der Waals surface area contributed by atoms with E-state index in [4.69, 9.17) is 5.73 Å². The molecule has 19 heavy (non-hydrogen) atoms. The van der Waals surface area contributed by atoms with E-state index in [2.05, 4.69) is 5.10 Å². The van der Waals surface area contributed by atoms with E-state index in [1.807, 2.05) is 13.1 Å². The number of halogens is 3. The minimum Gasteiger partial charge on any atom is -0.325 e. The summed E-state index contributed by atoms with van der Waals surface area (Å²) in [5.41, 5.74) is 6.37. The van der Waals surface area contributed by atoms with E-state index in [0.717, 1.165) is 12.1 Å². The van der Waals surface area contributed by atoms with Crippen LogP contribution in [0.5, 0.6) is 0 Å². The van der Waals surface area contributed by atoms with Crippen LogP contribution in [0, 0.1) is 5.92 Å². The summed E-state index contributed by atoms with van der Waals surface area (Å²) in [6, 6.07) is 0. The number of hydrogen-bond donors (Lipinski definition) is 1. The molecule has 3 nitrogen and oxygen atoms in total. The summed E-state index contributed by atoms with van der Waals surface area (Å²) in [4.78, 5) is 0. The van der Waals surface area contributed by atoms with E-state index in [-0.39, 0.29) is 12.8 Å². The SMILES string of the molecule is CCn1cc(CC2(N)CCCC(C(F)(F)F)C2)cn1. The lowest BCUT2D eigenvalue weighted by atomic mass is 9.73. The van der Waals surface area contributed by atoms with E-state index >= 15 is 0 Å². The lowest BCUT2D eigenvalue weighted by Crippen LogP contribution is -2.48. The lowest BCUT2D eigenvalue weighted by molar-refractivity contribution is -0.187. The van der Waals surface area contributed by atoms with Crippen LogP contribution in [-0.4, -0.2) is 21.5 Å². The van der Waals surface area contributed by atoms with Crippen LogP contribution in [0.4, 0.5) is 13.2 Å². The number of hydrogen-bond acceptors (Lipinski definition) is 2. The summed E-state index contributed by atoms with van der Waals surface area (Å²) in [6.07, 6.45) is 1.34. The third-order valence-corrected chi connectivity index (χ3v) is 3.91. The average Bonchev–Trinajstić information content (AvgIpc) is 2.75. The Balaban J connectivity index is 2.05. The van der Waals surface area contributed by atoms with E-state index in [1.165, 1.54) is 0 Å². The zero-order valence-electron chi connectivity index (χ0n) is 11.1. The van der Waals surface area contributed by atoms with Gasteiger partial charge in [0.05, 0.1) is 12.1 Å². The van der Waals surface area contributed by atoms with Gasteiger partial charge >= 0.3 is 6.18 Å². The number of aromatic nitrogens is 2. The molecule has 1 saturated carbocycles. The molecule has 0 radical (unpaired) electrons. The van der Waals surface area contributed by atoms with Gasteiger partial charge in [-0.2, -0.15) is 18.3 Å². The molecule has 108 valence electrons. The number of aryl methyl sites for hydroxylation is 1. The monoisotopic (exact) mass is 275 g/mol. The Hall–Kier alpha value is -1.04. The second-order valence-corrected chi connectivity index (χ2v) is 5.58. The molecule has 0 amide bonds. The molecule has 2 rings (SSSR count). The zero-order chi connectivity index (χ0) is 14.1. The maximum Gasteiger partial charge on any atom is 0.391 e. The average molecular weight is 275 g/mol. The molecular formula is C13H20F3N3. The predicted octanol–water partition coefficient (Wildman–Crippen LogP) is 2.90. The van der Waals surface area contributed by atoms with Gasteiger partial charge in [-0.15, -0.1) is 0 Å². The first-order valence-corrected chi connectivity index (χ1v) is 6.69. The zero-order valence-corrected chi connectivity index (χ0v) is 11.1. The Morgan fingerprint density at radius 2 is 2.26 bits per heavy atom. The summed E-state index contributed by atoms with van der Waals surface area (Å²) in [6.45, 7) is 2.72. The molecule has 2 atom stereocenters. The Morgan fingerprint density at radius 1 is 1.53 bits per heavy atom. The molecule has 1 aromatic rings. The van der Waals surface area contributed by atoms with Gasteiger partial charge in [0.1, 0.15) is 0 Å². The second kappa shape index (κ2) is 5.15. The van der Waals surface area contributed by atoms with E-state index < -0.39 is 17.6 Å². The summed E-state index contributed by atoms with van der Waals surface area (Å²) < 4.78 is 40.2. The van der Waals surface area contributed by atoms with Gasteiger partial charge in [0, 0.05) is 18.3 Å². The highest BCUT2D eigenvalue weighted by molar-refractivity contribution is 5.11. The first-order chi connectivity index (χ1) is 8.82. The van der Waals surface area contributed by atoms with Crippen molar-refractivity contribution >= 4 is 0 Å². The number of nitrogens with zero attached hydrogens (tertiary/aromatic N) is 2. The fourth-order valence-corrected chi connectivity index (χ4v) is 2.91. The second-order valence-electron chi connectivity index (χ2n) is 5.58. The normalized spacial score (nSPS) is 28.6. The molecule has 0 spiro atoms. The standard InChI is InChI=1S/C13H20F3N3/c1-2-19-9-10(8-18-19)6-12(17)5-3-4-11(7-12)13(14,15)16/h8-9,11H,2-7,17H2,1H3. The highest BCUT2D eigenvalue weighted by atomic mass is 19.4. The van der Waals surface area contributed by atoms with Crippen molar-refractivity contribution in [3.63, 3.8) is 0 Å². The van der Waals surface area contributed by atoms with E-state index in [0.29, 0.717) is 19.3 Å². The third-order valence-electron chi connectivity index (χ3n) is 3.91. The molecule has 2 N–H and O–H groups in total. The fraction of sp³-hybridized carbons (Fsp3) is 0.769. The summed E-state index contributed by atoms with van der Waals surface area (Å²) >= 11 is 0. The van der Waals surface area contributed by atoms with Gasteiger partial charge in [-0.1, -0.05) is 6.42 Å². The molecule has 0 saturated heterocycles. The van der Waals surface area contributed by atoms with Crippen LogP contribution in [0.3, 0.4) is 0 Å². The molecule has 6 heteroatoms. The molecule has 0 bridgehead atoms. The predicted molar refractivity (Wildman–Crippen MR) is 66.5 cm³/mol. The molecule has 1 fully saturated rings. The third kappa shape index (κ3) is 3.49. The number of alkyl halides is 3. The van der Waals surface area contributed by atoms with Crippen molar-refractivity contribution < 1.29 is 13.2 Å². The van der Waals surface area contributed by atoms with Crippen molar-refractivity contribution in [2.45, 2.75) is 57.3 Å².